The maximum absolute atomic E-state index is 11.3. The van der Waals surface area contributed by atoms with Gasteiger partial charge >= 0.3 is 51.4 Å². The molecule has 110 valence electrons. The van der Waals surface area contributed by atoms with E-state index in [9.17, 15) is 9.90 Å². The Bertz CT molecular complexity index is 324. The average Bonchev–Trinajstić information content (AvgIpc) is 2.41. The number of rotatable bonds is 9. The number of carboxylic acids is 1. The molecule has 1 rings (SSSR count). The van der Waals surface area contributed by atoms with Crippen LogP contribution in [0.5, 0.6) is 0 Å². The third-order valence-electron chi connectivity index (χ3n) is 3.01. The molecule has 0 N–H and O–H groups in total. The van der Waals surface area contributed by atoms with Crippen molar-refractivity contribution in [2.75, 3.05) is 11.5 Å². The van der Waals surface area contributed by atoms with E-state index >= 15 is 0 Å². The van der Waals surface area contributed by atoms with E-state index in [0.717, 1.165) is 35.7 Å². The van der Waals surface area contributed by atoms with Crippen LogP contribution < -0.4 is 56.5 Å². The molecule has 20 heavy (non-hydrogen) atoms. The fraction of sp³-hybridized carbons (Fsp3) is 0.786. The van der Waals surface area contributed by atoms with Crippen molar-refractivity contribution < 1.29 is 66.0 Å². The van der Waals surface area contributed by atoms with Crippen molar-refractivity contribution in [3.05, 3.63) is 11.2 Å². The predicted molar refractivity (Wildman–Crippen MR) is 80.9 cm³/mol. The number of aliphatic carboxylic acids is 1. The van der Waals surface area contributed by atoms with Crippen LogP contribution in [0.4, 0.5) is 0 Å². The third-order valence-corrected chi connectivity index (χ3v) is 5.60. The third kappa shape index (κ3) is 7.07. The van der Waals surface area contributed by atoms with Gasteiger partial charge in [-0.2, -0.15) is 0 Å². The first-order valence-corrected chi connectivity index (χ1v) is 8.96. The van der Waals surface area contributed by atoms with Crippen molar-refractivity contribution in [3.8, 4) is 0 Å². The van der Waals surface area contributed by atoms with E-state index in [1.807, 2.05) is 0 Å². The molecule has 1 aliphatic heterocycles. The summed E-state index contributed by atoms with van der Waals surface area (Å²) < 4.78 is 5.53. The Hall–Kier alpha value is 1.35. The maximum atomic E-state index is 11.3. The van der Waals surface area contributed by atoms with Gasteiger partial charge in [-0.15, -0.1) is 23.5 Å². The van der Waals surface area contributed by atoms with E-state index in [0.29, 0.717) is 6.42 Å². The van der Waals surface area contributed by atoms with Crippen LogP contribution in [-0.2, 0) is 9.53 Å². The monoisotopic (exact) mass is 342 g/mol. The van der Waals surface area contributed by atoms with Crippen molar-refractivity contribution in [2.24, 2.45) is 0 Å². The van der Waals surface area contributed by atoms with Crippen molar-refractivity contribution in [2.45, 2.75) is 57.3 Å². The summed E-state index contributed by atoms with van der Waals surface area (Å²) in [5.41, 5.74) is 0. The zero-order chi connectivity index (χ0) is 14.1. The number of carbonyl (C=O) groups excluding carboxylic acids is 1. The molecule has 0 aromatic carbocycles. The smallest absolute Gasteiger partial charge is 0.545 e. The number of ether oxygens (including phenoxy) is 1. The van der Waals surface area contributed by atoms with Gasteiger partial charge in [0.1, 0.15) is 0 Å². The summed E-state index contributed by atoms with van der Waals surface area (Å²) in [6, 6.07) is 0. The molecule has 0 aliphatic carbocycles. The molecule has 1 unspecified atom stereocenters. The van der Waals surface area contributed by atoms with Gasteiger partial charge in [0.25, 0.3) is 0 Å². The molecule has 0 spiro atoms. The minimum atomic E-state index is -1.16. The summed E-state index contributed by atoms with van der Waals surface area (Å²) >= 11 is 3.15. The molecule has 0 bridgehead atoms. The molecule has 1 atom stereocenters. The van der Waals surface area contributed by atoms with Gasteiger partial charge in [-0.3, -0.25) is 0 Å². The number of thioether (sulfide) groups is 2. The molecule has 1 heterocycles. The molecular weight excluding hydrogens is 319 g/mol. The first-order chi connectivity index (χ1) is 9.14. The number of allylic oxidation sites excluding steroid dienone is 1. The van der Waals surface area contributed by atoms with Gasteiger partial charge in [0.15, 0.2) is 4.93 Å². The molecule has 3 nitrogen and oxygen atoms in total. The van der Waals surface area contributed by atoms with Crippen LogP contribution in [0.2, 0.25) is 0 Å². The van der Waals surface area contributed by atoms with Crippen molar-refractivity contribution >= 4 is 29.5 Å². The largest absolute Gasteiger partial charge is 1.00 e. The Morgan fingerprint density at radius 3 is 2.50 bits per heavy atom. The second-order valence-electron chi connectivity index (χ2n) is 4.65. The summed E-state index contributed by atoms with van der Waals surface area (Å²) in [6.07, 6.45) is 7.35. The van der Waals surface area contributed by atoms with Crippen LogP contribution in [0.1, 0.15) is 52.4 Å². The van der Waals surface area contributed by atoms with Crippen LogP contribution in [-0.4, -0.2) is 22.4 Å². The van der Waals surface area contributed by atoms with Crippen LogP contribution >= 0.6 is 23.5 Å². The van der Waals surface area contributed by atoms with Crippen LogP contribution in [0, 0.1) is 0 Å². The molecule has 0 saturated heterocycles. The molecule has 0 fully saturated rings. The first kappa shape index (κ1) is 21.3. The molecule has 0 aromatic rings. The van der Waals surface area contributed by atoms with Crippen LogP contribution in [0.3, 0.4) is 0 Å². The zero-order valence-electron chi connectivity index (χ0n) is 12.8. The van der Waals surface area contributed by atoms with Gasteiger partial charge in [-0.1, -0.05) is 26.7 Å². The van der Waals surface area contributed by atoms with E-state index in [1.165, 1.54) is 24.6 Å². The minimum Gasteiger partial charge on any atom is -0.545 e. The van der Waals surface area contributed by atoms with Crippen LogP contribution in [0.15, 0.2) is 11.2 Å². The molecule has 1 aliphatic rings. The SMILES string of the molecule is CCCCSC1=COC(SCCCC)(C(=O)[O-])CC1.[K+]. The van der Waals surface area contributed by atoms with Crippen molar-refractivity contribution in [3.63, 3.8) is 0 Å². The Morgan fingerprint density at radius 2 is 2.00 bits per heavy atom. The Kier molecular flexibility index (Phi) is 12.7. The van der Waals surface area contributed by atoms with Crippen molar-refractivity contribution in [1.82, 2.24) is 0 Å². The predicted octanol–water partition coefficient (Wildman–Crippen LogP) is 0.155. The van der Waals surface area contributed by atoms with Gasteiger partial charge < -0.3 is 14.6 Å². The van der Waals surface area contributed by atoms with E-state index in [1.54, 1.807) is 18.0 Å². The average molecular weight is 343 g/mol. The second-order valence-corrected chi connectivity index (χ2v) is 7.22. The summed E-state index contributed by atoms with van der Waals surface area (Å²) in [7, 11) is 0. The normalized spacial score (nSPS) is 21.6. The minimum absolute atomic E-state index is 0. The van der Waals surface area contributed by atoms with Crippen molar-refractivity contribution in [1.29, 1.82) is 0 Å². The quantitative estimate of drug-likeness (QED) is 0.441. The standard InChI is InChI=1S/C14H24O3S2.K/c1-3-5-9-18-12-7-8-14(13(15)16,17-11-12)19-10-6-4-2;/h11H,3-10H2,1-2H3,(H,15,16);/q;+1/p-1. The van der Waals surface area contributed by atoms with Gasteiger partial charge in [-0.25, -0.2) is 0 Å². The number of unbranched alkanes of at least 4 members (excludes halogenated alkanes) is 2. The van der Waals surface area contributed by atoms with E-state index < -0.39 is 10.9 Å². The van der Waals surface area contributed by atoms with E-state index in [-0.39, 0.29) is 51.4 Å². The fourth-order valence-corrected chi connectivity index (χ4v) is 4.02. The number of hydrogen-bond donors (Lipinski definition) is 0. The fourth-order valence-electron chi connectivity index (χ4n) is 1.72. The molecule has 0 amide bonds. The van der Waals surface area contributed by atoms with E-state index in [2.05, 4.69) is 13.8 Å². The summed E-state index contributed by atoms with van der Waals surface area (Å²) in [5, 5.41) is 11.3. The van der Waals surface area contributed by atoms with Gasteiger partial charge in [0.2, 0.25) is 0 Å². The molecular formula is C14H23KO3S2. The topological polar surface area (TPSA) is 49.4 Å². The van der Waals surface area contributed by atoms with E-state index in [4.69, 9.17) is 4.74 Å². The number of carboxylic acid groups (broad SMARTS) is 1. The summed E-state index contributed by atoms with van der Waals surface area (Å²) in [4.78, 5) is 11.3. The van der Waals surface area contributed by atoms with Gasteiger partial charge in [0.05, 0.1) is 12.2 Å². The van der Waals surface area contributed by atoms with Gasteiger partial charge in [0, 0.05) is 11.3 Å². The summed E-state index contributed by atoms with van der Waals surface area (Å²) in [6.45, 7) is 4.26. The van der Waals surface area contributed by atoms with Gasteiger partial charge in [-0.05, 0) is 30.8 Å². The number of carbonyl (C=O) groups is 1. The van der Waals surface area contributed by atoms with Crippen LogP contribution in [0.25, 0.3) is 0 Å². The number of hydrogen-bond acceptors (Lipinski definition) is 5. The Labute approximate surface area is 173 Å². The summed E-state index contributed by atoms with van der Waals surface area (Å²) in [5.74, 6) is 0.784. The molecule has 0 radical (unpaired) electrons. The molecule has 6 heteroatoms. The Morgan fingerprint density at radius 1 is 1.35 bits per heavy atom. The first-order valence-electron chi connectivity index (χ1n) is 6.99. The molecule has 0 aromatic heterocycles. The maximum Gasteiger partial charge on any atom is 1.00 e. The zero-order valence-corrected chi connectivity index (χ0v) is 17.5. The molecule has 0 saturated carbocycles. The Balaban J connectivity index is 0.00000361. The second kappa shape index (κ2) is 11.9.